The predicted octanol–water partition coefficient (Wildman–Crippen LogP) is 4.63. The quantitative estimate of drug-likeness (QED) is 0.438. The van der Waals surface area contributed by atoms with Crippen molar-refractivity contribution in [3.63, 3.8) is 0 Å². The molecule has 1 aliphatic heterocycles. The highest BCUT2D eigenvalue weighted by molar-refractivity contribution is 6.31. The maximum Gasteiger partial charge on any atom is 0.333 e. The molecule has 3 heterocycles. The van der Waals surface area contributed by atoms with Gasteiger partial charge in [-0.15, -0.1) is 0 Å². The Bertz CT molecular complexity index is 1500. The van der Waals surface area contributed by atoms with Gasteiger partial charge in [0.2, 0.25) is 0 Å². The second-order valence-electron chi connectivity index (χ2n) is 9.39. The molecule has 0 unspecified atom stereocenters. The van der Waals surface area contributed by atoms with Gasteiger partial charge in [0.1, 0.15) is 0 Å². The predicted molar refractivity (Wildman–Crippen MR) is 139 cm³/mol. The number of nitrogens with zero attached hydrogens (tertiary/aromatic N) is 4. The number of fused-ring (bicyclic) bond motifs is 2. The number of benzene rings is 2. The van der Waals surface area contributed by atoms with E-state index in [2.05, 4.69) is 16.5 Å². The molecule has 1 aliphatic rings. The van der Waals surface area contributed by atoms with Gasteiger partial charge in [-0.05, 0) is 75.5 Å². The van der Waals surface area contributed by atoms with Crippen molar-refractivity contribution >= 4 is 39.4 Å². The number of piperidine rings is 1. The maximum atomic E-state index is 13.1. The third-order valence-electron chi connectivity index (χ3n) is 6.92. The zero-order valence-corrected chi connectivity index (χ0v) is 20.4. The van der Waals surface area contributed by atoms with E-state index >= 15 is 0 Å². The highest BCUT2D eigenvalue weighted by Gasteiger charge is 2.23. The van der Waals surface area contributed by atoms with Crippen molar-refractivity contribution < 1.29 is 0 Å². The number of rotatable bonds is 6. The van der Waals surface area contributed by atoms with Gasteiger partial charge in [-0.2, -0.15) is 0 Å². The standard InChI is InChI=1S/C26H30ClN5O2/c1-17(2)31-24-15-18(3)5-7-23(24)30(26(31)34)12-4-11-29-13-9-20(10-14-29)32-22-8-6-19(27)16-21(22)28-25(32)33/h5-8,15-16,20H,1,4,9-14H2,2-3H3,(H,28,33). The summed E-state index contributed by atoms with van der Waals surface area (Å²) in [5.74, 6) is 0. The monoisotopic (exact) mass is 479 g/mol. The van der Waals surface area contributed by atoms with Crippen LogP contribution in [0, 0.1) is 6.92 Å². The highest BCUT2D eigenvalue weighted by atomic mass is 35.5. The van der Waals surface area contributed by atoms with Crippen molar-refractivity contribution in [1.29, 1.82) is 0 Å². The molecule has 0 radical (unpaired) electrons. The molecule has 0 bridgehead atoms. The molecular weight excluding hydrogens is 450 g/mol. The maximum absolute atomic E-state index is 13.1. The van der Waals surface area contributed by atoms with Crippen molar-refractivity contribution in [3.8, 4) is 0 Å². The van der Waals surface area contributed by atoms with E-state index in [0.717, 1.165) is 72.2 Å². The van der Waals surface area contributed by atoms with Gasteiger partial charge in [0, 0.05) is 36.4 Å². The molecule has 2 aromatic carbocycles. The number of aryl methyl sites for hydroxylation is 2. The molecule has 0 amide bonds. The van der Waals surface area contributed by atoms with E-state index in [1.54, 1.807) is 10.6 Å². The van der Waals surface area contributed by atoms with Gasteiger partial charge in [0.05, 0.1) is 22.1 Å². The molecule has 2 aromatic heterocycles. The number of aromatic amines is 1. The minimum atomic E-state index is -0.0702. The van der Waals surface area contributed by atoms with E-state index in [9.17, 15) is 9.59 Å². The highest BCUT2D eigenvalue weighted by Crippen LogP contribution is 2.26. The first-order chi connectivity index (χ1) is 16.3. The number of hydrogen-bond acceptors (Lipinski definition) is 3. The van der Waals surface area contributed by atoms with E-state index in [-0.39, 0.29) is 17.4 Å². The van der Waals surface area contributed by atoms with E-state index in [1.165, 1.54) is 0 Å². The summed E-state index contributed by atoms with van der Waals surface area (Å²) in [5.41, 5.74) is 5.34. The summed E-state index contributed by atoms with van der Waals surface area (Å²) in [7, 11) is 0. The van der Waals surface area contributed by atoms with Crippen molar-refractivity contribution in [2.75, 3.05) is 19.6 Å². The van der Waals surface area contributed by atoms with Crippen LogP contribution in [0.15, 0.2) is 52.6 Å². The molecule has 7 nitrogen and oxygen atoms in total. The SMILES string of the molecule is C=C(C)n1c(=O)n(CCCN2CCC(n3c(=O)[nH]c4cc(Cl)ccc43)CC2)c2ccc(C)cc21. The van der Waals surface area contributed by atoms with Gasteiger partial charge >= 0.3 is 11.4 Å². The molecule has 0 saturated carbocycles. The second kappa shape index (κ2) is 8.96. The van der Waals surface area contributed by atoms with Crippen LogP contribution in [0.5, 0.6) is 0 Å². The molecule has 5 rings (SSSR count). The average molecular weight is 480 g/mol. The third kappa shape index (κ3) is 4.03. The lowest BCUT2D eigenvalue weighted by molar-refractivity contribution is 0.183. The number of nitrogens with one attached hydrogen (secondary N) is 1. The molecule has 1 fully saturated rings. The third-order valence-corrected chi connectivity index (χ3v) is 7.16. The first kappa shape index (κ1) is 22.7. The lowest BCUT2D eigenvalue weighted by atomic mass is 10.0. The van der Waals surface area contributed by atoms with E-state index < -0.39 is 0 Å². The van der Waals surface area contributed by atoms with Crippen LogP contribution in [0.25, 0.3) is 27.8 Å². The minimum Gasteiger partial charge on any atom is -0.305 e. The van der Waals surface area contributed by atoms with Gasteiger partial charge in [0.25, 0.3) is 0 Å². The lowest BCUT2D eigenvalue weighted by Crippen LogP contribution is -2.38. The largest absolute Gasteiger partial charge is 0.333 e. The Hall–Kier alpha value is -3.03. The molecule has 1 saturated heterocycles. The first-order valence-corrected chi connectivity index (χ1v) is 12.2. The van der Waals surface area contributed by atoms with Crippen molar-refractivity contribution in [2.24, 2.45) is 0 Å². The molecule has 178 valence electrons. The molecule has 0 atom stereocenters. The fourth-order valence-corrected chi connectivity index (χ4v) is 5.44. The topological polar surface area (TPSA) is 68.0 Å². The van der Waals surface area contributed by atoms with Gasteiger partial charge in [-0.25, -0.2) is 9.59 Å². The molecule has 8 heteroatoms. The molecule has 34 heavy (non-hydrogen) atoms. The number of H-pyrrole nitrogens is 1. The van der Waals surface area contributed by atoms with Crippen molar-refractivity contribution in [1.82, 2.24) is 23.6 Å². The average Bonchev–Trinajstić information content (AvgIpc) is 3.26. The summed E-state index contributed by atoms with van der Waals surface area (Å²) in [5, 5.41) is 0.622. The number of hydrogen-bond donors (Lipinski definition) is 1. The number of imidazole rings is 2. The summed E-state index contributed by atoms with van der Waals surface area (Å²) < 4.78 is 5.46. The number of allylic oxidation sites excluding steroid dienone is 1. The Morgan fingerprint density at radius 3 is 2.53 bits per heavy atom. The van der Waals surface area contributed by atoms with Gasteiger partial charge < -0.3 is 9.88 Å². The van der Waals surface area contributed by atoms with Gasteiger partial charge in [-0.1, -0.05) is 24.2 Å². The zero-order chi connectivity index (χ0) is 24.0. The van der Waals surface area contributed by atoms with Crippen LogP contribution in [-0.4, -0.2) is 43.2 Å². The van der Waals surface area contributed by atoms with Gasteiger partial charge in [0.15, 0.2) is 0 Å². The molecular formula is C26H30ClN5O2. The zero-order valence-electron chi connectivity index (χ0n) is 19.7. The number of likely N-dealkylation sites (tertiary alicyclic amines) is 1. The summed E-state index contributed by atoms with van der Waals surface area (Å²) in [6.07, 6.45) is 2.73. The van der Waals surface area contributed by atoms with E-state index in [0.29, 0.717) is 11.6 Å². The lowest BCUT2D eigenvalue weighted by Gasteiger charge is -2.32. The fourth-order valence-electron chi connectivity index (χ4n) is 5.27. The second-order valence-corrected chi connectivity index (χ2v) is 9.82. The van der Waals surface area contributed by atoms with Crippen LogP contribution in [-0.2, 0) is 6.54 Å². The summed E-state index contributed by atoms with van der Waals surface area (Å²) in [6, 6.07) is 11.9. The summed E-state index contributed by atoms with van der Waals surface area (Å²) in [4.78, 5) is 31.0. The van der Waals surface area contributed by atoms with E-state index in [4.69, 9.17) is 11.6 Å². The molecule has 0 spiro atoms. The number of aromatic nitrogens is 4. The van der Waals surface area contributed by atoms with Crippen LogP contribution >= 0.6 is 11.6 Å². The molecule has 0 aliphatic carbocycles. The summed E-state index contributed by atoms with van der Waals surface area (Å²) >= 11 is 6.08. The van der Waals surface area contributed by atoms with Crippen LogP contribution in [0.3, 0.4) is 0 Å². The smallest absolute Gasteiger partial charge is 0.305 e. The van der Waals surface area contributed by atoms with Crippen molar-refractivity contribution in [2.45, 2.75) is 45.7 Å². The normalized spacial score (nSPS) is 15.5. The molecule has 1 N–H and O–H groups in total. The Kier molecular flexibility index (Phi) is 6.00. The Labute approximate surface area is 202 Å². The van der Waals surface area contributed by atoms with Crippen LogP contribution in [0.1, 0.15) is 37.8 Å². The Morgan fingerprint density at radius 2 is 1.79 bits per heavy atom. The van der Waals surface area contributed by atoms with Crippen LogP contribution < -0.4 is 11.4 Å². The van der Waals surface area contributed by atoms with Crippen LogP contribution in [0.2, 0.25) is 5.02 Å². The fraction of sp³-hybridized carbons (Fsp3) is 0.385. The van der Waals surface area contributed by atoms with E-state index in [1.807, 2.05) is 53.3 Å². The first-order valence-electron chi connectivity index (χ1n) is 11.8. The van der Waals surface area contributed by atoms with Gasteiger partial charge in [-0.3, -0.25) is 13.7 Å². The number of halogens is 1. The van der Waals surface area contributed by atoms with Crippen molar-refractivity contribution in [3.05, 3.63) is 74.5 Å². The molecule has 4 aromatic rings. The van der Waals surface area contributed by atoms with Crippen LogP contribution in [0.4, 0.5) is 0 Å². The Balaban J connectivity index is 1.24. The minimum absolute atomic E-state index is 0.0226. The summed E-state index contributed by atoms with van der Waals surface area (Å²) in [6.45, 7) is 11.3. The Morgan fingerprint density at radius 1 is 1.06 bits per heavy atom.